The van der Waals surface area contributed by atoms with Gasteiger partial charge >= 0.3 is 0 Å². The Morgan fingerprint density at radius 3 is 2.86 bits per heavy atom. The first kappa shape index (κ1) is 4.77. The summed E-state index contributed by atoms with van der Waals surface area (Å²) in [6, 6.07) is 0. The number of nitrogens with zero attached hydrogens (tertiary/aromatic N) is 3. The van der Waals surface area contributed by atoms with Gasteiger partial charge in [0.1, 0.15) is 12.3 Å². The minimum atomic E-state index is 0.773. The maximum atomic E-state index is 3.65. The molecule has 1 aliphatic heterocycles. The molecule has 0 aromatic carbocycles. The average molecular weight is 162 g/mol. The van der Waals surface area contributed by atoms with Gasteiger partial charge in [-0.15, -0.1) is 5.01 Å². The minimum Gasteiger partial charge on any atom is -0.135 e. The summed E-state index contributed by atoms with van der Waals surface area (Å²) < 4.78 is 0.773. The molecule has 1 radical (unpaired) electrons. The van der Waals surface area contributed by atoms with Crippen LogP contribution in [-0.2, 0) is 0 Å². The third kappa shape index (κ3) is 0.991. The fourth-order valence-electron chi connectivity index (χ4n) is 0.319. The molecule has 1 heterocycles. The lowest BCUT2D eigenvalue weighted by molar-refractivity contribution is 0.470. The molecular weight excluding hydrogens is 158 g/mol. The Hall–Kier alpha value is -0.380. The SMILES string of the molecule is CN1C=C(Br)[N+]=N1. The Kier molecular flexibility index (Phi) is 1.10. The van der Waals surface area contributed by atoms with Gasteiger partial charge in [0.05, 0.1) is 5.11 Å². The maximum absolute atomic E-state index is 3.65. The quantitative estimate of drug-likeness (QED) is 0.485. The summed E-state index contributed by atoms with van der Waals surface area (Å²) in [5.74, 6) is 0. The summed E-state index contributed by atoms with van der Waals surface area (Å²) in [6.07, 6.45) is 1.78. The van der Waals surface area contributed by atoms with E-state index in [0.717, 1.165) is 4.61 Å². The second kappa shape index (κ2) is 1.61. The standard InChI is InChI=1S/C3H4BrN3/c1-7-2-3(4)5-6-7/h2H,1H3/q+1. The van der Waals surface area contributed by atoms with E-state index in [0.29, 0.717) is 0 Å². The van der Waals surface area contributed by atoms with Crippen LogP contribution >= 0.6 is 15.9 Å². The second-order valence-electron chi connectivity index (χ2n) is 1.21. The van der Waals surface area contributed by atoms with Gasteiger partial charge < -0.3 is 0 Å². The van der Waals surface area contributed by atoms with Crippen LogP contribution in [0, 0.1) is 0 Å². The van der Waals surface area contributed by atoms with Crippen molar-refractivity contribution in [3.8, 4) is 0 Å². The van der Waals surface area contributed by atoms with Gasteiger partial charge in [-0.05, 0) is 0 Å². The molecule has 1 rings (SSSR count). The van der Waals surface area contributed by atoms with Crippen molar-refractivity contribution in [2.75, 3.05) is 7.05 Å². The second-order valence-corrected chi connectivity index (χ2v) is 2.03. The molecule has 4 heteroatoms. The predicted octanol–water partition coefficient (Wildman–Crippen LogP) is 0.829. The van der Waals surface area contributed by atoms with E-state index >= 15 is 0 Å². The summed E-state index contributed by atoms with van der Waals surface area (Å²) in [4.78, 5) is 0. The van der Waals surface area contributed by atoms with E-state index < -0.39 is 0 Å². The highest BCUT2D eigenvalue weighted by Crippen LogP contribution is 2.06. The van der Waals surface area contributed by atoms with Crippen LogP contribution in [0.2, 0.25) is 0 Å². The first-order chi connectivity index (χ1) is 3.29. The molecule has 3 nitrogen and oxygen atoms in total. The highest BCUT2D eigenvalue weighted by molar-refractivity contribution is 9.11. The van der Waals surface area contributed by atoms with E-state index in [1.165, 1.54) is 0 Å². The van der Waals surface area contributed by atoms with E-state index in [1.807, 2.05) is 7.05 Å². The molecule has 0 bridgehead atoms. The van der Waals surface area contributed by atoms with Crippen molar-refractivity contribution in [1.82, 2.24) is 10.1 Å². The van der Waals surface area contributed by atoms with Crippen LogP contribution in [0.1, 0.15) is 0 Å². The van der Waals surface area contributed by atoms with E-state index in [2.05, 4.69) is 26.3 Å². The topological polar surface area (TPSA) is 29.7 Å². The molecule has 0 aromatic rings. The van der Waals surface area contributed by atoms with E-state index in [9.17, 15) is 0 Å². The van der Waals surface area contributed by atoms with Crippen molar-refractivity contribution in [2.45, 2.75) is 0 Å². The summed E-state index contributed by atoms with van der Waals surface area (Å²) in [5.41, 5.74) is 0. The predicted molar refractivity (Wildman–Crippen MR) is 29.3 cm³/mol. The molecule has 37 valence electrons. The van der Waals surface area contributed by atoms with Crippen LogP contribution in [0.4, 0.5) is 0 Å². The van der Waals surface area contributed by atoms with Crippen LogP contribution < -0.4 is 5.11 Å². The van der Waals surface area contributed by atoms with Gasteiger partial charge in [-0.25, -0.2) is 0 Å². The lowest BCUT2D eigenvalue weighted by atomic mass is 10.9. The average Bonchev–Trinajstić information content (AvgIpc) is 1.87. The summed E-state index contributed by atoms with van der Waals surface area (Å²) >= 11 is 3.14. The lowest BCUT2D eigenvalue weighted by Crippen LogP contribution is -1.94. The van der Waals surface area contributed by atoms with E-state index in [1.54, 1.807) is 11.2 Å². The van der Waals surface area contributed by atoms with Crippen LogP contribution in [0.3, 0.4) is 0 Å². The molecule has 0 unspecified atom stereocenters. The summed E-state index contributed by atoms with van der Waals surface area (Å²) in [6.45, 7) is 0. The third-order valence-corrected chi connectivity index (χ3v) is 0.938. The zero-order valence-electron chi connectivity index (χ0n) is 3.80. The zero-order valence-corrected chi connectivity index (χ0v) is 5.38. The Labute approximate surface area is 49.8 Å². The number of halogens is 1. The molecule has 0 fully saturated rings. The third-order valence-electron chi connectivity index (χ3n) is 0.575. The van der Waals surface area contributed by atoms with Crippen molar-refractivity contribution in [1.29, 1.82) is 0 Å². The first-order valence-corrected chi connectivity index (χ1v) is 2.60. The lowest BCUT2D eigenvalue weighted by Gasteiger charge is -1.80. The smallest absolute Gasteiger partial charge is 0.135 e. The van der Waals surface area contributed by atoms with Crippen molar-refractivity contribution in [3.05, 3.63) is 10.8 Å². The Balaban J connectivity index is 2.69. The molecule has 1 aliphatic rings. The van der Waals surface area contributed by atoms with Gasteiger partial charge in [0.2, 0.25) is 0 Å². The number of hydrogen-bond donors (Lipinski definition) is 0. The zero-order chi connectivity index (χ0) is 5.28. The Morgan fingerprint density at radius 1 is 2.00 bits per heavy atom. The fourth-order valence-corrected chi connectivity index (χ4v) is 0.686. The Bertz CT molecular complexity index is 128. The molecule has 0 saturated carbocycles. The van der Waals surface area contributed by atoms with Crippen LogP contribution in [0.5, 0.6) is 0 Å². The van der Waals surface area contributed by atoms with Crippen LogP contribution in [0.25, 0.3) is 0 Å². The van der Waals surface area contributed by atoms with Gasteiger partial charge in [-0.3, -0.25) is 0 Å². The van der Waals surface area contributed by atoms with Crippen molar-refractivity contribution < 1.29 is 0 Å². The maximum Gasteiger partial charge on any atom is 0.286 e. The van der Waals surface area contributed by atoms with E-state index in [4.69, 9.17) is 0 Å². The van der Waals surface area contributed by atoms with Crippen molar-refractivity contribution in [3.63, 3.8) is 0 Å². The monoisotopic (exact) mass is 161 g/mol. The van der Waals surface area contributed by atoms with Crippen LogP contribution in [0.15, 0.2) is 16.0 Å². The normalized spacial score (nSPS) is 18.0. The summed E-state index contributed by atoms with van der Waals surface area (Å²) in [5, 5.41) is 8.91. The number of rotatable bonds is 0. The molecule has 0 aliphatic carbocycles. The molecule has 0 atom stereocenters. The highest BCUT2D eigenvalue weighted by atomic mass is 79.9. The van der Waals surface area contributed by atoms with Gasteiger partial charge in [-0.1, -0.05) is 0 Å². The minimum absolute atomic E-state index is 0.773. The Morgan fingerprint density at radius 2 is 2.71 bits per heavy atom. The van der Waals surface area contributed by atoms with Crippen molar-refractivity contribution >= 4 is 15.9 Å². The molecule has 0 spiro atoms. The van der Waals surface area contributed by atoms with E-state index in [-0.39, 0.29) is 0 Å². The highest BCUT2D eigenvalue weighted by Gasteiger charge is 2.11. The fraction of sp³-hybridized carbons (Fsp3) is 0.333. The molecule has 0 saturated heterocycles. The summed E-state index contributed by atoms with van der Waals surface area (Å²) in [7, 11) is 1.82. The van der Waals surface area contributed by atoms with Gasteiger partial charge in [0.15, 0.2) is 6.20 Å². The number of hydrogen-bond acceptors (Lipinski definition) is 3. The molecule has 7 heavy (non-hydrogen) atoms. The molecular formula is C3H4BrN3+. The van der Waals surface area contributed by atoms with Crippen LogP contribution in [-0.4, -0.2) is 12.1 Å². The van der Waals surface area contributed by atoms with Gasteiger partial charge in [0, 0.05) is 15.9 Å². The van der Waals surface area contributed by atoms with Crippen molar-refractivity contribution in [2.24, 2.45) is 5.22 Å². The van der Waals surface area contributed by atoms with Gasteiger partial charge in [-0.2, -0.15) is 0 Å². The first-order valence-electron chi connectivity index (χ1n) is 1.81. The largest absolute Gasteiger partial charge is 0.286 e. The molecule has 0 N–H and O–H groups in total. The van der Waals surface area contributed by atoms with Gasteiger partial charge in [0.25, 0.3) is 4.61 Å². The molecule has 0 amide bonds. The molecule has 0 aromatic heterocycles.